The summed E-state index contributed by atoms with van der Waals surface area (Å²) >= 11 is 0. The van der Waals surface area contributed by atoms with Crippen molar-refractivity contribution in [2.75, 3.05) is 18.2 Å². The number of hydrogen-bond donors (Lipinski definition) is 1. The first kappa shape index (κ1) is 17.5. The van der Waals surface area contributed by atoms with Crippen LogP contribution < -0.4 is 10.1 Å². The molecule has 0 aliphatic heterocycles. The number of carbonyl (C=O) groups is 1. The predicted octanol–water partition coefficient (Wildman–Crippen LogP) is 2.12. The topological polar surface area (TPSA) is 96.3 Å². The fourth-order valence-electron chi connectivity index (χ4n) is 2.08. The van der Waals surface area contributed by atoms with Crippen LogP contribution in [-0.2, 0) is 20.4 Å². The van der Waals surface area contributed by atoms with E-state index < -0.39 is 21.5 Å². The molecular weight excluding hydrogens is 328 g/mol. The Morgan fingerprint density at radius 1 is 1.21 bits per heavy atom. The van der Waals surface area contributed by atoms with Gasteiger partial charge >= 0.3 is 0 Å². The number of nitrogens with zero attached hydrogens (tertiary/aromatic N) is 1. The van der Waals surface area contributed by atoms with Gasteiger partial charge in [0.2, 0.25) is 5.91 Å². The van der Waals surface area contributed by atoms with Gasteiger partial charge in [0.15, 0.2) is 9.84 Å². The average molecular weight is 344 g/mol. The molecule has 24 heavy (non-hydrogen) atoms. The first-order valence-electron chi connectivity index (χ1n) is 7.05. The SMILES string of the molecule is COc1cccc(NC(=O)CS(=O)(=O)Cc2ccc(C#N)cc2)c1. The minimum absolute atomic E-state index is 0.260. The number of sulfone groups is 1. The van der Waals surface area contributed by atoms with E-state index in [1.165, 1.54) is 7.11 Å². The lowest BCUT2D eigenvalue weighted by Crippen LogP contribution is -2.23. The number of anilines is 1. The number of hydrogen-bond acceptors (Lipinski definition) is 5. The Morgan fingerprint density at radius 3 is 2.54 bits per heavy atom. The maximum Gasteiger partial charge on any atom is 0.239 e. The van der Waals surface area contributed by atoms with Crippen molar-refractivity contribution >= 4 is 21.4 Å². The third kappa shape index (κ3) is 5.11. The molecule has 0 heterocycles. The van der Waals surface area contributed by atoms with Gasteiger partial charge in [-0.3, -0.25) is 4.79 Å². The summed E-state index contributed by atoms with van der Waals surface area (Å²) in [5.41, 5.74) is 1.45. The Morgan fingerprint density at radius 2 is 1.92 bits per heavy atom. The third-order valence-electron chi connectivity index (χ3n) is 3.17. The molecule has 0 aromatic heterocycles. The number of carbonyl (C=O) groups excluding carboxylic acids is 1. The van der Waals surface area contributed by atoms with E-state index in [4.69, 9.17) is 10.00 Å². The molecular formula is C17H16N2O4S. The van der Waals surface area contributed by atoms with Gasteiger partial charge in [0.1, 0.15) is 11.5 Å². The molecule has 124 valence electrons. The van der Waals surface area contributed by atoms with E-state index in [2.05, 4.69) is 5.32 Å². The zero-order valence-electron chi connectivity index (χ0n) is 13.0. The minimum Gasteiger partial charge on any atom is -0.497 e. The maximum absolute atomic E-state index is 12.1. The average Bonchev–Trinajstić information content (AvgIpc) is 2.54. The van der Waals surface area contributed by atoms with Gasteiger partial charge < -0.3 is 10.1 Å². The van der Waals surface area contributed by atoms with Gasteiger partial charge in [-0.2, -0.15) is 5.26 Å². The van der Waals surface area contributed by atoms with Gasteiger partial charge in [-0.05, 0) is 29.8 Å². The predicted molar refractivity (Wildman–Crippen MR) is 90.3 cm³/mol. The largest absolute Gasteiger partial charge is 0.497 e. The van der Waals surface area contributed by atoms with E-state index >= 15 is 0 Å². The highest BCUT2D eigenvalue weighted by Gasteiger charge is 2.17. The molecule has 0 spiro atoms. The van der Waals surface area contributed by atoms with Gasteiger partial charge in [-0.1, -0.05) is 18.2 Å². The van der Waals surface area contributed by atoms with Gasteiger partial charge in [-0.15, -0.1) is 0 Å². The number of ether oxygens (including phenoxy) is 1. The second kappa shape index (κ2) is 7.62. The van der Waals surface area contributed by atoms with Crippen LogP contribution >= 0.6 is 0 Å². The molecule has 0 unspecified atom stereocenters. The van der Waals surface area contributed by atoms with Crippen LogP contribution in [0.15, 0.2) is 48.5 Å². The summed E-state index contributed by atoms with van der Waals surface area (Å²) in [6.07, 6.45) is 0. The van der Waals surface area contributed by atoms with Crippen molar-refractivity contribution in [2.24, 2.45) is 0 Å². The highest BCUT2D eigenvalue weighted by molar-refractivity contribution is 7.91. The second-order valence-corrected chi connectivity index (χ2v) is 7.19. The minimum atomic E-state index is -3.62. The van der Waals surface area contributed by atoms with Crippen LogP contribution in [-0.4, -0.2) is 27.2 Å². The molecule has 2 aromatic rings. The van der Waals surface area contributed by atoms with E-state index in [0.717, 1.165) is 0 Å². The summed E-state index contributed by atoms with van der Waals surface area (Å²) < 4.78 is 29.3. The lowest BCUT2D eigenvalue weighted by Gasteiger charge is -2.08. The third-order valence-corrected chi connectivity index (χ3v) is 4.65. The van der Waals surface area contributed by atoms with Crippen LogP contribution in [0.5, 0.6) is 5.75 Å². The molecule has 0 saturated heterocycles. The Bertz CT molecular complexity index is 868. The zero-order valence-corrected chi connectivity index (χ0v) is 13.8. The number of amides is 1. The number of benzene rings is 2. The van der Waals surface area contributed by atoms with Crippen molar-refractivity contribution in [3.8, 4) is 11.8 Å². The normalized spacial score (nSPS) is 10.7. The fraction of sp³-hybridized carbons (Fsp3) is 0.176. The second-order valence-electron chi connectivity index (χ2n) is 5.12. The van der Waals surface area contributed by atoms with Gasteiger partial charge in [0, 0.05) is 11.8 Å². The number of nitriles is 1. The molecule has 0 saturated carbocycles. The molecule has 0 bridgehead atoms. The summed E-state index contributed by atoms with van der Waals surface area (Å²) in [4.78, 5) is 11.9. The van der Waals surface area contributed by atoms with Crippen LogP contribution in [0.25, 0.3) is 0 Å². The highest BCUT2D eigenvalue weighted by atomic mass is 32.2. The Kier molecular flexibility index (Phi) is 5.55. The van der Waals surface area contributed by atoms with Crippen LogP contribution in [0, 0.1) is 11.3 Å². The zero-order chi connectivity index (χ0) is 17.6. The van der Waals surface area contributed by atoms with Crippen LogP contribution in [0.3, 0.4) is 0 Å². The standard InChI is InChI=1S/C17H16N2O4S/c1-23-16-4-2-3-15(9-16)19-17(20)12-24(21,22)11-14-7-5-13(10-18)6-8-14/h2-9H,11-12H2,1H3,(H,19,20). The number of methoxy groups -OCH3 is 1. The van der Waals surface area contributed by atoms with Gasteiger partial charge in [0.25, 0.3) is 0 Å². The van der Waals surface area contributed by atoms with Crippen LogP contribution in [0.1, 0.15) is 11.1 Å². The quantitative estimate of drug-likeness (QED) is 0.866. The molecule has 1 amide bonds. The lowest BCUT2D eigenvalue weighted by atomic mass is 10.2. The van der Waals surface area contributed by atoms with Crippen molar-refractivity contribution < 1.29 is 17.9 Å². The first-order valence-corrected chi connectivity index (χ1v) is 8.87. The molecule has 2 aromatic carbocycles. The Balaban J connectivity index is 1.99. The molecule has 1 N–H and O–H groups in total. The smallest absolute Gasteiger partial charge is 0.239 e. The van der Waals surface area contributed by atoms with E-state index in [1.807, 2.05) is 6.07 Å². The Hall–Kier alpha value is -2.85. The van der Waals surface area contributed by atoms with Crippen molar-refractivity contribution in [1.82, 2.24) is 0 Å². The van der Waals surface area contributed by atoms with Crippen LogP contribution in [0.4, 0.5) is 5.69 Å². The monoisotopic (exact) mass is 344 g/mol. The highest BCUT2D eigenvalue weighted by Crippen LogP contribution is 2.17. The molecule has 2 rings (SSSR count). The van der Waals surface area contributed by atoms with E-state index in [9.17, 15) is 13.2 Å². The van der Waals surface area contributed by atoms with E-state index in [-0.39, 0.29) is 5.75 Å². The molecule has 0 fully saturated rings. The van der Waals surface area contributed by atoms with E-state index in [1.54, 1.807) is 48.5 Å². The number of nitrogens with one attached hydrogen (secondary N) is 1. The summed E-state index contributed by atoms with van der Waals surface area (Å²) in [6.45, 7) is 0. The summed E-state index contributed by atoms with van der Waals surface area (Å²) in [7, 11) is -2.11. The first-order chi connectivity index (χ1) is 11.4. The van der Waals surface area contributed by atoms with Crippen molar-refractivity contribution in [3.63, 3.8) is 0 Å². The molecule has 6 nitrogen and oxygen atoms in total. The molecule has 0 aliphatic rings. The molecule has 0 radical (unpaired) electrons. The fourth-order valence-corrected chi connectivity index (χ4v) is 3.35. The van der Waals surface area contributed by atoms with Gasteiger partial charge in [-0.25, -0.2) is 8.42 Å². The lowest BCUT2D eigenvalue weighted by molar-refractivity contribution is -0.113. The summed E-state index contributed by atoms with van der Waals surface area (Å²) in [6, 6.07) is 14.8. The van der Waals surface area contributed by atoms with Crippen molar-refractivity contribution in [1.29, 1.82) is 5.26 Å². The van der Waals surface area contributed by atoms with Gasteiger partial charge in [0.05, 0.1) is 24.5 Å². The molecule has 0 aliphatic carbocycles. The van der Waals surface area contributed by atoms with Crippen LogP contribution in [0.2, 0.25) is 0 Å². The molecule has 0 atom stereocenters. The summed E-state index contributed by atoms with van der Waals surface area (Å²) in [5.74, 6) is -0.931. The van der Waals surface area contributed by atoms with E-state index in [0.29, 0.717) is 22.6 Å². The maximum atomic E-state index is 12.1. The number of rotatable bonds is 6. The Labute approximate surface area is 140 Å². The molecule has 7 heteroatoms. The van der Waals surface area contributed by atoms with Crippen molar-refractivity contribution in [2.45, 2.75) is 5.75 Å². The summed E-state index contributed by atoms with van der Waals surface area (Å²) in [5, 5.41) is 11.3. The van der Waals surface area contributed by atoms with Crippen molar-refractivity contribution in [3.05, 3.63) is 59.7 Å².